The largest absolute Gasteiger partial charge is 0.207 e. The van der Waals surface area contributed by atoms with Gasteiger partial charge in [0.1, 0.15) is 5.82 Å². The van der Waals surface area contributed by atoms with Crippen molar-refractivity contribution >= 4 is 38.5 Å². The van der Waals surface area contributed by atoms with E-state index in [9.17, 15) is 4.39 Å². The molecule has 48 valence electrons. The second kappa shape index (κ2) is 2.96. The first kappa shape index (κ1) is 4.28. The first-order chi connectivity index (χ1) is 5.46. The van der Waals surface area contributed by atoms with E-state index in [1.165, 1.54) is 0 Å². The van der Waals surface area contributed by atoms with Crippen molar-refractivity contribution in [2.45, 2.75) is 0 Å². The maximum atomic E-state index is 12.9. The van der Waals surface area contributed by atoms with Crippen LogP contribution in [0.4, 0.5) is 4.39 Å². The Kier molecular flexibility index (Phi) is 1.41. The molecular weight excluding hydrogens is 298 g/mol. The van der Waals surface area contributed by atoms with E-state index >= 15 is 0 Å². The summed E-state index contributed by atoms with van der Waals surface area (Å²) in [4.78, 5) is 0. The van der Waals surface area contributed by atoms with Gasteiger partial charge in [0.25, 0.3) is 0 Å². The fraction of sp³-hybridized carbons (Fsp3) is 0. The average Bonchev–Trinajstić information content (AvgIpc) is 2.08. The van der Waals surface area contributed by atoms with Crippen molar-refractivity contribution in [2.75, 3.05) is 0 Å². The Hall–Kier alpha value is 0.360. The van der Waals surface area contributed by atoms with Gasteiger partial charge < -0.3 is 0 Å². The molecule has 0 heterocycles. The van der Waals surface area contributed by atoms with Crippen molar-refractivity contribution in [1.82, 2.24) is 0 Å². The Morgan fingerprint density at radius 1 is 1.56 bits per heavy atom. The van der Waals surface area contributed by atoms with E-state index in [1.54, 1.807) is 22.6 Å². The molecule has 1 aromatic rings. The van der Waals surface area contributed by atoms with Gasteiger partial charge >= 0.3 is 0 Å². The lowest BCUT2D eigenvalue weighted by atomic mass is 10.4. The fourth-order valence-electron chi connectivity index (χ4n) is 0.383. The van der Waals surface area contributed by atoms with Crippen molar-refractivity contribution in [3.8, 4) is 0 Å². The van der Waals surface area contributed by atoms with Crippen molar-refractivity contribution < 1.29 is 8.50 Å². The number of hydrogen-bond donors (Lipinski definition) is 0. The molecule has 0 unspecified atom stereocenters. The molecule has 1 aromatic carbocycles. The molecule has 0 aliphatic carbocycles. The Morgan fingerprint density at radius 3 is 2.89 bits per heavy atom. The van der Waals surface area contributed by atoms with Crippen molar-refractivity contribution in [3.05, 3.63) is 32.0 Å². The second-order valence-electron chi connectivity index (χ2n) is 1.32. The zero-order valence-electron chi connectivity index (χ0n) is 7.13. The molecule has 0 saturated carbocycles. The van der Waals surface area contributed by atoms with Crippen LogP contribution >= 0.6 is 38.5 Å². The Morgan fingerprint density at radius 2 is 2.22 bits per heavy atom. The van der Waals surface area contributed by atoms with Crippen LogP contribution < -0.4 is 0 Å². The van der Waals surface area contributed by atoms with E-state index in [-0.39, 0.29) is 20.1 Å². The lowest BCUT2D eigenvalue weighted by molar-refractivity contribution is 0.626. The molecule has 0 nitrogen and oxygen atoms in total. The highest BCUT2D eigenvalue weighted by Gasteiger charge is 1.93. The van der Waals surface area contributed by atoms with Gasteiger partial charge in [-0.3, -0.25) is 0 Å². The predicted octanol–water partition coefficient (Wildman–Crippen LogP) is 3.19. The molecular formula is C6H3BrFI. The molecule has 0 aliphatic heterocycles. The normalized spacial score (nSPS) is 14.3. The smallest absolute Gasteiger partial charge is 0.125 e. The van der Waals surface area contributed by atoms with E-state index in [4.69, 9.17) is 4.11 Å². The third-order valence-electron chi connectivity index (χ3n) is 0.658. The molecule has 0 aromatic heterocycles. The topological polar surface area (TPSA) is 0 Å². The number of halogens is 3. The van der Waals surface area contributed by atoms with Gasteiger partial charge in [0.2, 0.25) is 0 Å². The van der Waals surface area contributed by atoms with Crippen molar-refractivity contribution in [1.29, 1.82) is 0 Å². The highest BCUT2D eigenvalue weighted by molar-refractivity contribution is 14.1. The lowest BCUT2D eigenvalue weighted by Gasteiger charge is -1.91. The monoisotopic (exact) mass is 303 g/mol. The third kappa shape index (κ3) is 2.21. The molecule has 1 rings (SSSR count). The van der Waals surface area contributed by atoms with Crippen LogP contribution in [0.2, 0.25) is 0 Å². The summed E-state index contributed by atoms with van der Waals surface area (Å²) < 4.78 is 35.0. The summed E-state index contributed by atoms with van der Waals surface area (Å²) in [7, 11) is 0. The minimum atomic E-state index is -0.887. The molecule has 0 spiro atoms. The zero-order chi connectivity index (χ0) is 9.46. The summed E-state index contributed by atoms with van der Waals surface area (Å²) in [6, 6.07) is -0.814. The van der Waals surface area contributed by atoms with Crippen molar-refractivity contribution in [3.63, 3.8) is 0 Å². The quantitative estimate of drug-likeness (QED) is 0.646. The minimum Gasteiger partial charge on any atom is -0.207 e. The van der Waals surface area contributed by atoms with E-state index < -0.39 is 11.9 Å². The summed E-state index contributed by atoms with van der Waals surface area (Å²) in [6.45, 7) is 0. The van der Waals surface area contributed by atoms with E-state index in [1.807, 2.05) is 0 Å². The van der Waals surface area contributed by atoms with Gasteiger partial charge in [-0.05, 0) is 40.7 Å². The minimum absolute atomic E-state index is 0.00741. The van der Waals surface area contributed by atoms with Gasteiger partial charge in [-0.25, -0.2) is 4.39 Å². The van der Waals surface area contributed by atoms with E-state index in [0.717, 1.165) is 0 Å². The van der Waals surface area contributed by atoms with Crippen LogP contribution in [0.5, 0.6) is 0 Å². The van der Waals surface area contributed by atoms with Gasteiger partial charge in [0, 0.05) is 8.04 Å². The van der Waals surface area contributed by atoms with Gasteiger partial charge in [-0.2, -0.15) is 0 Å². The van der Waals surface area contributed by atoms with Crippen molar-refractivity contribution in [2.24, 2.45) is 0 Å². The summed E-state index contributed by atoms with van der Waals surface area (Å²) >= 11 is 4.62. The van der Waals surface area contributed by atoms with Crippen LogP contribution in [-0.2, 0) is 0 Å². The molecule has 0 amide bonds. The molecule has 3 heteroatoms. The maximum Gasteiger partial charge on any atom is 0.125 e. The molecule has 0 saturated heterocycles. The standard InChI is InChI=1S/C6H3BrFI/c7-4-1-5(8)3-6(9)2-4/h1-3H/i1D,2D,3D. The lowest BCUT2D eigenvalue weighted by Crippen LogP contribution is -1.75. The first-order valence-corrected chi connectivity index (χ1v) is 3.94. The maximum absolute atomic E-state index is 12.9. The van der Waals surface area contributed by atoms with Crippen LogP contribution in [0.25, 0.3) is 0 Å². The molecule has 9 heavy (non-hydrogen) atoms. The summed E-state index contributed by atoms with van der Waals surface area (Å²) in [5.41, 5.74) is 0. The molecule has 0 aliphatic rings. The number of rotatable bonds is 0. The molecule has 0 radical (unpaired) electrons. The summed E-state index contributed by atoms with van der Waals surface area (Å²) in [5, 5.41) is 0. The summed E-state index contributed by atoms with van der Waals surface area (Å²) in [6.07, 6.45) is 0. The Labute approximate surface area is 78.9 Å². The SMILES string of the molecule is [2H]c1c(F)c([2H])c(I)c([2H])c1Br. The van der Waals surface area contributed by atoms with Crippen LogP contribution in [0.3, 0.4) is 0 Å². The highest BCUT2D eigenvalue weighted by Crippen LogP contribution is 2.15. The van der Waals surface area contributed by atoms with Crippen LogP contribution in [-0.4, -0.2) is 0 Å². The Bertz CT molecular complexity index is 237. The fourth-order valence-corrected chi connectivity index (χ4v) is 1.63. The molecule has 0 fully saturated rings. The van der Waals surface area contributed by atoms with Crippen LogP contribution in [0.1, 0.15) is 4.11 Å². The third-order valence-corrected chi connectivity index (χ3v) is 1.59. The second-order valence-corrected chi connectivity index (χ2v) is 3.19. The summed E-state index contributed by atoms with van der Waals surface area (Å²) in [5.74, 6) is -0.887. The van der Waals surface area contributed by atoms with Crippen LogP contribution in [0, 0.1) is 9.39 Å². The van der Waals surface area contributed by atoms with Gasteiger partial charge in [0.15, 0.2) is 0 Å². The predicted molar refractivity (Wildman–Crippen MR) is 46.8 cm³/mol. The zero-order valence-corrected chi connectivity index (χ0v) is 7.88. The molecule has 0 bridgehead atoms. The molecule has 0 atom stereocenters. The first-order valence-electron chi connectivity index (χ1n) is 3.57. The number of benzene rings is 1. The van der Waals surface area contributed by atoms with E-state index in [0.29, 0.717) is 0 Å². The Balaban J connectivity index is 3.60. The average molecular weight is 304 g/mol. The van der Waals surface area contributed by atoms with E-state index in [2.05, 4.69) is 15.9 Å². The highest BCUT2D eigenvalue weighted by atomic mass is 127. The molecule has 0 N–H and O–H groups in total. The van der Waals surface area contributed by atoms with Gasteiger partial charge in [0.05, 0.1) is 4.11 Å². The van der Waals surface area contributed by atoms with Gasteiger partial charge in [-0.1, -0.05) is 15.9 Å². The van der Waals surface area contributed by atoms with Gasteiger partial charge in [-0.15, -0.1) is 0 Å². The number of hydrogen-bond acceptors (Lipinski definition) is 0. The van der Waals surface area contributed by atoms with Crippen LogP contribution in [0.15, 0.2) is 22.6 Å².